The summed E-state index contributed by atoms with van der Waals surface area (Å²) in [5.41, 5.74) is 6.60. The second-order valence-electron chi connectivity index (χ2n) is 4.29. The first-order valence-electron chi connectivity index (χ1n) is 6.95. The molecule has 0 aliphatic heterocycles. The summed E-state index contributed by atoms with van der Waals surface area (Å²) in [6.45, 7) is 3.70. The van der Waals surface area contributed by atoms with Crippen LogP contribution in [0.3, 0.4) is 0 Å². The molecule has 2 N–H and O–H groups in total. The average Bonchev–Trinajstić information content (AvgIpc) is 2.52. The first kappa shape index (κ1) is 17.7. The molecule has 0 bridgehead atoms. The second-order valence-corrected chi connectivity index (χ2v) is 4.29. The molecule has 120 valence electrons. The van der Waals surface area contributed by atoms with Crippen molar-refractivity contribution in [1.82, 2.24) is 0 Å². The van der Waals surface area contributed by atoms with Gasteiger partial charge >= 0.3 is 0 Å². The number of ether oxygens (including phenoxy) is 5. The zero-order valence-electron chi connectivity index (χ0n) is 12.8. The highest BCUT2D eigenvalue weighted by atomic mass is 16.6. The Morgan fingerprint density at radius 3 is 2.05 bits per heavy atom. The van der Waals surface area contributed by atoms with Gasteiger partial charge in [-0.2, -0.15) is 0 Å². The van der Waals surface area contributed by atoms with E-state index in [1.807, 2.05) is 18.2 Å². The largest absolute Gasteiger partial charge is 0.497 e. The quantitative estimate of drug-likeness (QED) is 0.585. The number of hydrogen-bond donors (Lipinski definition) is 1. The predicted molar refractivity (Wildman–Crippen MR) is 79.9 cm³/mol. The minimum absolute atomic E-state index is 0.447. The lowest BCUT2D eigenvalue weighted by atomic mass is 10.2. The molecule has 0 atom stereocenters. The minimum Gasteiger partial charge on any atom is -0.497 e. The summed E-state index contributed by atoms with van der Waals surface area (Å²) in [6.07, 6.45) is 0. The lowest BCUT2D eigenvalue weighted by molar-refractivity contribution is 0.0179. The molecule has 6 nitrogen and oxygen atoms in total. The van der Waals surface area contributed by atoms with Crippen molar-refractivity contribution in [2.45, 2.75) is 6.54 Å². The van der Waals surface area contributed by atoms with Crippen LogP contribution in [0.25, 0.3) is 0 Å². The fourth-order valence-electron chi connectivity index (χ4n) is 1.63. The molecule has 0 aliphatic carbocycles. The lowest BCUT2D eigenvalue weighted by Gasteiger charge is -2.10. The molecular weight excluding hydrogens is 274 g/mol. The molecule has 21 heavy (non-hydrogen) atoms. The zero-order valence-corrected chi connectivity index (χ0v) is 12.8. The van der Waals surface area contributed by atoms with Gasteiger partial charge in [0.05, 0.1) is 40.1 Å². The van der Waals surface area contributed by atoms with Crippen LogP contribution in [0.15, 0.2) is 18.2 Å². The van der Waals surface area contributed by atoms with Crippen molar-refractivity contribution in [3.63, 3.8) is 0 Å². The Morgan fingerprint density at radius 1 is 0.810 bits per heavy atom. The molecule has 0 radical (unpaired) electrons. The van der Waals surface area contributed by atoms with Gasteiger partial charge in [-0.05, 0) is 17.7 Å². The zero-order chi connectivity index (χ0) is 15.3. The Balaban J connectivity index is 2.15. The summed E-state index contributed by atoms with van der Waals surface area (Å²) >= 11 is 0. The van der Waals surface area contributed by atoms with Crippen LogP contribution in [0.2, 0.25) is 0 Å². The van der Waals surface area contributed by atoms with Crippen LogP contribution in [0, 0.1) is 0 Å². The maximum Gasteiger partial charge on any atom is 0.123 e. The van der Waals surface area contributed by atoms with Crippen LogP contribution in [0.5, 0.6) is 11.5 Å². The van der Waals surface area contributed by atoms with Crippen LogP contribution < -0.4 is 15.2 Å². The first-order chi connectivity index (χ1) is 10.3. The minimum atomic E-state index is 0.447. The van der Waals surface area contributed by atoms with Gasteiger partial charge in [-0.15, -0.1) is 0 Å². The molecule has 1 aromatic rings. The first-order valence-corrected chi connectivity index (χ1v) is 6.95. The molecule has 0 heterocycles. The number of nitrogens with two attached hydrogens (primary N) is 1. The second kappa shape index (κ2) is 11.3. The van der Waals surface area contributed by atoms with E-state index in [1.54, 1.807) is 14.2 Å². The average molecular weight is 299 g/mol. The molecule has 0 amide bonds. The standard InChI is InChI=1S/C15H25NO5/c1-17-3-4-19-5-6-20-7-8-21-15-10-13(12-16)9-14(11-15)18-2/h9-11H,3-8,12,16H2,1-2H3. The Labute approximate surface area is 126 Å². The Morgan fingerprint density at radius 2 is 1.43 bits per heavy atom. The van der Waals surface area contributed by atoms with E-state index < -0.39 is 0 Å². The number of hydrogen-bond acceptors (Lipinski definition) is 6. The van der Waals surface area contributed by atoms with E-state index in [-0.39, 0.29) is 0 Å². The van der Waals surface area contributed by atoms with Gasteiger partial charge in [0.2, 0.25) is 0 Å². The van der Waals surface area contributed by atoms with Gasteiger partial charge in [-0.25, -0.2) is 0 Å². The van der Waals surface area contributed by atoms with Crippen molar-refractivity contribution in [2.24, 2.45) is 5.73 Å². The van der Waals surface area contributed by atoms with Crippen molar-refractivity contribution in [3.05, 3.63) is 23.8 Å². The van der Waals surface area contributed by atoms with E-state index in [9.17, 15) is 0 Å². The highest BCUT2D eigenvalue weighted by Crippen LogP contribution is 2.22. The van der Waals surface area contributed by atoms with Crippen molar-refractivity contribution in [3.8, 4) is 11.5 Å². The molecular formula is C15H25NO5. The van der Waals surface area contributed by atoms with Crippen molar-refractivity contribution < 1.29 is 23.7 Å². The van der Waals surface area contributed by atoms with Crippen LogP contribution in [-0.4, -0.2) is 53.9 Å². The van der Waals surface area contributed by atoms with Gasteiger partial charge in [0.1, 0.15) is 18.1 Å². The van der Waals surface area contributed by atoms with Gasteiger partial charge in [0.15, 0.2) is 0 Å². The fraction of sp³-hybridized carbons (Fsp3) is 0.600. The van der Waals surface area contributed by atoms with E-state index in [0.717, 1.165) is 17.1 Å². The molecule has 0 saturated heterocycles. The van der Waals surface area contributed by atoms with E-state index in [4.69, 9.17) is 29.4 Å². The summed E-state index contributed by atoms with van der Waals surface area (Å²) in [4.78, 5) is 0. The summed E-state index contributed by atoms with van der Waals surface area (Å²) in [7, 11) is 3.26. The number of benzene rings is 1. The molecule has 6 heteroatoms. The summed E-state index contributed by atoms with van der Waals surface area (Å²) in [5, 5.41) is 0. The van der Waals surface area contributed by atoms with Gasteiger partial charge in [0, 0.05) is 19.7 Å². The Bertz CT molecular complexity index is 364. The van der Waals surface area contributed by atoms with E-state index >= 15 is 0 Å². The Kier molecular flexibility index (Phi) is 9.56. The number of methoxy groups -OCH3 is 2. The van der Waals surface area contributed by atoms with Crippen LogP contribution in [0.1, 0.15) is 5.56 Å². The van der Waals surface area contributed by atoms with Crippen molar-refractivity contribution >= 4 is 0 Å². The van der Waals surface area contributed by atoms with Crippen LogP contribution in [-0.2, 0) is 20.8 Å². The smallest absolute Gasteiger partial charge is 0.123 e. The third-order valence-electron chi connectivity index (χ3n) is 2.71. The third kappa shape index (κ3) is 7.87. The summed E-state index contributed by atoms with van der Waals surface area (Å²) in [6, 6.07) is 5.62. The fourth-order valence-corrected chi connectivity index (χ4v) is 1.63. The van der Waals surface area contributed by atoms with Crippen LogP contribution in [0.4, 0.5) is 0 Å². The van der Waals surface area contributed by atoms with Gasteiger partial charge < -0.3 is 29.4 Å². The molecule has 0 aromatic heterocycles. The Hall–Kier alpha value is -1.34. The predicted octanol–water partition coefficient (Wildman–Crippen LogP) is 1.21. The van der Waals surface area contributed by atoms with E-state index in [0.29, 0.717) is 46.2 Å². The summed E-state index contributed by atoms with van der Waals surface area (Å²) < 4.78 is 26.4. The monoisotopic (exact) mass is 299 g/mol. The van der Waals surface area contributed by atoms with Crippen molar-refractivity contribution in [1.29, 1.82) is 0 Å². The molecule has 0 unspecified atom stereocenters. The van der Waals surface area contributed by atoms with Gasteiger partial charge in [-0.1, -0.05) is 0 Å². The molecule has 0 aliphatic rings. The molecule has 1 aromatic carbocycles. The SMILES string of the molecule is COCCOCCOCCOc1cc(CN)cc(OC)c1. The number of rotatable bonds is 12. The third-order valence-corrected chi connectivity index (χ3v) is 2.71. The highest BCUT2D eigenvalue weighted by Gasteiger charge is 2.01. The van der Waals surface area contributed by atoms with E-state index in [1.165, 1.54) is 0 Å². The highest BCUT2D eigenvalue weighted by molar-refractivity contribution is 5.38. The topological polar surface area (TPSA) is 72.2 Å². The molecule has 0 fully saturated rings. The summed E-state index contributed by atoms with van der Waals surface area (Å²) in [5.74, 6) is 1.47. The van der Waals surface area contributed by atoms with E-state index in [2.05, 4.69) is 0 Å². The van der Waals surface area contributed by atoms with Crippen molar-refractivity contribution in [2.75, 3.05) is 53.9 Å². The normalized spacial score (nSPS) is 10.6. The van der Waals surface area contributed by atoms with Gasteiger partial charge in [-0.3, -0.25) is 0 Å². The molecule has 1 rings (SSSR count). The maximum absolute atomic E-state index is 5.63. The van der Waals surface area contributed by atoms with Crippen LogP contribution >= 0.6 is 0 Å². The maximum atomic E-state index is 5.63. The van der Waals surface area contributed by atoms with Gasteiger partial charge in [0.25, 0.3) is 0 Å². The molecule has 0 spiro atoms. The molecule has 0 saturated carbocycles. The lowest BCUT2D eigenvalue weighted by Crippen LogP contribution is -2.12.